The summed E-state index contributed by atoms with van der Waals surface area (Å²) < 4.78 is 0. The summed E-state index contributed by atoms with van der Waals surface area (Å²) in [6.45, 7) is 6.20. The number of aliphatic carboxylic acids is 1. The summed E-state index contributed by atoms with van der Waals surface area (Å²) in [6.07, 6.45) is 7.20. The van der Waals surface area contributed by atoms with E-state index in [9.17, 15) is 19.2 Å². The zero-order chi connectivity index (χ0) is 34.6. The number of nitrogens with zero attached hydrogens (tertiary/aromatic N) is 6. The lowest BCUT2D eigenvalue weighted by molar-refractivity contribution is -0.143. The number of fused-ring (bicyclic) bond motifs is 2. The molecule has 264 valence electrons. The molecule has 12 nitrogen and oxygen atoms in total. The molecule has 1 atom stereocenters. The van der Waals surface area contributed by atoms with Crippen molar-refractivity contribution in [2.45, 2.75) is 57.2 Å². The number of anilines is 1. The molecule has 0 aliphatic carbocycles. The van der Waals surface area contributed by atoms with Crippen LogP contribution in [0.4, 0.5) is 10.5 Å². The number of carboxylic acids is 1. The summed E-state index contributed by atoms with van der Waals surface area (Å²) in [4.78, 5) is 66.5. The highest BCUT2D eigenvalue weighted by Crippen LogP contribution is 2.29. The van der Waals surface area contributed by atoms with Crippen LogP contribution in [0.15, 0.2) is 60.9 Å². The molecule has 50 heavy (non-hydrogen) atoms. The van der Waals surface area contributed by atoms with Crippen molar-refractivity contribution in [1.82, 2.24) is 29.5 Å². The third kappa shape index (κ3) is 7.61. The van der Waals surface area contributed by atoms with Crippen LogP contribution in [0.25, 0.3) is 10.8 Å². The largest absolute Gasteiger partial charge is 0.480 e. The number of piperidine rings is 2. The van der Waals surface area contributed by atoms with E-state index in [2.05, 4.69) is 39.5 Å². The fourth-order valence-electron chi connectivity index (χ4n) is 8.35. The van der Waals surface area contributed by atoms with Gasteiger partial charge in [-0.2, -0.15) is 0 Å². The van der Waals surface area contributed by atoms with Crippen molar-refractivity contribution in [3.05, 3.63) is 72.1 Å². The molecule has 3 saturated heterocycles. The Kier molecular flexibility index (Phi) is 10.3. The third-order valence-corrected chi connectivity index (χ3v) is 11.2. The van der Waals surface area contributed by atoms with Gasteiger partial charge >= 0.3 is 12.0 Å². The number of likely N-dealkylation sites (tertiary alicyclic amines) is 2. The Bertz CT molecular complexity index is 1710. The Morgan fingerprint density at radius 3 is 2.30 bits per heavy atom. The Hall–Kier alpha value is -4.55. The number of carboxylic acid groups (broad SMARTS) is 1. The van der Waals surface area contributed by atoms with Gasteiger partial charge in [-0.1, -0.05) is 42.5 Å². The first-order chi connectivity index (χ1) is 24.3. The molecule has 0 spiro atoms. The average Bonchev–Trinajstić information content (AvgIpc) is 3.14. The number of carbonyl (C=O) groups is 4. The molecule has 7 rings (SSSR count). The number of amides is 4. The third-order valence-electron chi connectivity index (χ3n) is 11.2. The highest BCUT2D eigenvalue weighted by Gasteiger charge is 2.36. The molecular formula is C38H47N7O5. The van der Waals surface area contributed by atoms with Gasteiger partial charge in [0.05, 0.1) is 24.3 Å². The lowest BCUT2D eigenvalue weighted by Gasteiger charge is -2.43. The van der Waals surface area contributed by atoms with Crippen LogP contribution < -0.4 is 5.32 Å². The number of hydrogen-bond acceptors (Lipinski definition) is 7. The van der Waals surface area contributed by atoms with Crippen molar-refractivity contribution in [3.8, 4) is 0 Å². The molecule has 0 radical (unpaired) electrons. The number of nitrogens with one attached hydrogen (secondary N) is 1. The van der Waals surface area contributed by atoms with Crippen LogP contribution in [0.5, 0.6) is 0 Å². The quantitative estimate of drug-likeness (QED) is 0.351. The normalized spacial score (nSPS) is 20.4. The van der Waals surface area contributed by atoms with Crippen molar-refractivity contribution in [1.29, 1.82) is 0 Å². The van der Waals surface area contributed by atoms with Crippen LogP contribution in [0, 0.1) is 5.92 Å². The second kappa shape index (κ2) is 15.1. The minimum Gasteiger partial charge on any atom is -0.480 e. The van der Waals surface area contributed by atoms with Gasteiger partial charge in [0, 0.05) is 83.6 Å². The van der Waals surface area contributed by atoms with Gasteiger partial charge in [-0.3, -0.25) is 29.2 Å². The summed E-state index contributed by atoms with van der Waals surface area (Å²) in [6, 6.07) is 16.6. The van der Waals surface area contributed by atoms with E-state index in [1.165, 1.54) is 0 Å². The van der Waals surface area contributed by atoms with Crippen LogP contribution in [-0.4, -0.2) is 129 Å². The summed E-state index contributed by atoms with van der Waals surface area (Å²) in [5.74, 6) is -1.22. The maximum atomic E-state index is 14.3. The Labute approximate surface area is 293 Å². The van der Waals surface area contributed by atoms with E-state index in [1.54, 1.807) is 12.4 Å². The number of benzene rings is 2. The minimum atomic E-state index is -0.789. The lowest BCUT2D eigenvalue weighted by atomic mass is 9.90. The summed E-state index contributed by atoms with van der Waals surface area (Å²) >= 11 is 0. The number of carbonyl (C=O) groups excluding carboxylic acids is 3. The monoisotopic (exact) mass is 681 g/mol. The highest BCUT2D eigenvalue weighted by molar-refractivity contribution is 5.92. The van der Waals surface area contributed by atoms with Crippen molar-refractivity contribution in [2.24, 2.45) is 5.92 Å². The number of aromatic nitrogens is 1. The van der Waals surface area contributed by atoms with Crippen LogP contribution in [-0.2, 0) is 27.3 Å². The minimum absolute atomic E-state index is 0.00401. The van der Waals surface area contributed by atoms with Crippen molar-refractivity contribution >= 4 is 40.3 Å². The van der Waals surface area contributed by atoms with Crippen LogP contribution >= 0.6 is 0 Å². The zero-order valence-corrected chi connectivity index (χ0v) is 28.6. The Morgan fingerprint density at radius 2 is 1.54 bits per heavy atom. The predicted octanol–water partition coefficient (Wildman–Crippen LogP) is 3.52. The van der Waals surface area contributed by atoms with Crippen molar-refractivity contribution in [2.75, 3.05) is 64.2 Å². The van der Waals surface area contributed by atoms with Gasteiger partial charge in [0.2, 0.25) is 11.8 Å². The molecule has 2 aromatic carbocycles. The van der Waals surface area contributed by atoms with E-state index in [4.69, 9.17) is 5.11 Å². The molecule has 4 aliphatic heterocycles. The van der Waals surface area contributed by atoms with Gasteiger partial charge in [0.15, 0.2) is 0 Å². The molecule has 4 amide bonds. The Balaban J connectivity index is 0.989. The van der Waals surface area contributed by atoms with E-state index >= 15 is 0 Å². The van der Waals surface area contributed by atoms with E-state index in [0.29, 0.717) is 58.0 Å². The van der Waals surface area contributed by atoms with Crippen LogP contribution in [0.3, 0.4) is 0 Å². The molecule has 5 heterocycles. The standard InChI is InChI=1S/C38H47N7O5/c46-35(43-14-11-32(12-15-43)45-25-29-8-13-39-24-34(29)40-38(45)50)23-30(22-28-6-3-5-27-4-1-2-7-33(27)28)37(49)44-16-9-31(10-17-44)42-20-18-41(19-21-42)26-36(47)48/h1-8,13,24,30-32H,9-12,14-23,25-26H2,(H,40,50)(H,47,48). The SMILES string of the molecule is O=C(O)CN1CCN(C2CCN(C(=O)C(CC(=O)N3CCC(N4Cc5ccncc5NC4=O)CC3)Cc3cccc4ccccc34)CC2)CC1. The first kappa shape index (κ1) is 33.9. The second-order valence-corrected chi connectivity index (χ2v) is 14.2. The molecule has 12 heteroatoms. The molecular weight excluding hydrogens is 634 g/mol. The summed E-state index contributed by atoms with van der Waals surface area (Å²) in [5.41, 5.74) is 2.87. The van der Waals surface area contributed by atoms with Gasteiger partial charge in [-0.15, -0.1) is 0 Å². The first-order valence-electron chi connectivity index (χ1n) is 18.0. The number of pyridine rings is 1. The molecule has 0 bridgehead atoms. The lowest BCUT2D eigenvalue weighted by Crippen LogP contribution is -2.55. The Morgan fingerprint density at radius 1 is 0.840 bits per heavy atom. The predicted molar refractivity (Wildman–Crippen MR) is 189 cm³/mol. The summed E-state index contributed by atoms with van der Waals surface area (Å²) in [5, 5.41) is 14.3. The molecule has 4 aliphatic rings. The molecule has 3 fully saturated rings. The average molecular weight is 682 g/mol. The van der Waals surface area contributed by atoms with Gasteiger partial charge in [-0.25, -0.2) is 4.79 Å². The molecule has 2 N–H and O–H groups in total. The van der Waals surface area contributed by atoms with E-state index in [0.717, 1.165) is 66.6 Å². The van der Waals surface area contributed by atoms with E-state index < -0.39 is 11.9 Å². The van der Waals surface area contributed by atoms with Gasteiger partial charge in [-0.05, 0) is 60.1 Å². The smallest absolute Gasteiger partial charge is 0.322 e. The second-order valence-electron chi connectivity index (χ2n) is 14.2. The zero-order valence-electron chi connectivity index (χ0n) is 28.6. The van der Waals surface area contributed by atoms with Gasteiger partial charge in [0.1, 0.15) is 0 Å². The molecule has 1 unspecified atom stereocenters. The molecule has 3 aromatic rings. The molecule has 1 aromatic heterocycles. The maximum Gasteiger partial charge on any atom is 0.322 e. The van der Waals surface area contributed by atoms with Crippen molar-refractivity contribution in [3.63, 3.8) is 0 Å². The number of rotatable bonds is 9. The molecule has 0 saturated carbocycles. The fourth-order valence-corrected chi connectivity index (χ4v) is 8.35. The van der Waals surface area contributed by atoms with Crippen LogP contribution in [0.2, 0.25) is 0 Å². The van der Waals surface area contributed by atoms with Gasteiger partial charge in [0.25, 0.3) is 0 Å². The highest BCUT2D eigenvalue weighted by atomic mass is 16.4. The number of hydrogen-bond donors (Lipinski definition) is 2. The number of piperazine rings is 1. The van der Waals surface area contributed by atoms with E-state index in [1.807, 2.05) is 43.9 Å². The van der Waals surface area contributed by atoms with Crippen molar-refractivity contribution < 1.29 is 24.3 Å². The maximum absolute atomic E-state index is 14.3. The van der Waals surface area contributed by atoms with Gasteiger partial charge < -0.3 is 25.1 Å². The van der Waals surface area contributed by atoms with Crippen LogP contribution in [0.1, 0.15) is 43.2 Å². The first-order valence-corrected chi connectivity index (χ1v) is 18.0. The van der Waals surface area contributed by atoms with E-state index in [-0.39, 0.29) is 36.9 Å². The topological polar surface area (TPSA) is 130 Å². The summed E-state index contributed by atoms with van der Waals surface area (Å²) in [7, 11) is 0. The fraction of sp³-hybridized carbons (Fsp3) is 0.500. The number of urea groups is 1.